The molecule has 1 aliphatic rings. The van der Waals surface area contributed by atoms with Gasteiger partial charge in [0.2, 0.25) is 0 Å². The minimum absolute atomic E-state index is 0.0562. The first-order chi connectivity index (χ1) is 9.75. The van der Waals surface area contributed by atoms with Crippen LogP contribution >= 0.6 is 11.8 Å². The summed E-state index contributed by atoms with van der Waals surface area (Å²) < 4.78 is 0. The summed E-state index contributed by atoms with van der Waals surface area (Å²) in [6.07, 6.45) is 2.29. The number of ketones is 1. The van der Waals surface area contributed by atoms with E-state index in [-0.39, 0.29) is 6.04 Å². The Morgan fingerprint density at radius 1 is 1.40 bits per heavy atom. The number of likely N-dealkylation sites (N-methyl/N-ethyl adjacent to an activating group) is 1. The van der Waals surface area contributed by atoms with E-state index in [9.17, 15) is 4.79 Å². The molecule has 1 aliphatic heterocycles. The molecule has 4 heteroatoms. The molecular weight excluding hydrogens is 268 g/mol. The van der Waals surface area contributed by atoms with Gasteiger partial charge in [0, 0.05) is 36.1 Å². The van der Waals surface area contributed by atoms with Crippen LogP contribution in [-0.4, -0.2) is 46.8 Å². The first-order valence-corrected chi connectivity index (χ1v) is 8.04. The average molecular weight is 286 g/mol. The normalized spacial score (nSPS) is 20.1. The summed E-state index contributed by atoms with van der Waals surface area (Å²) in [5, 5.41) is 1.09. The molecule has 0 radical (unpaired) electrons. The lowest BCUT2D eigenvalue weighted by Crippen LogP contribution is -2.45. The molecule has 1 fully saturated rings. The van der Waals surface area contributed by atoms with Crippen molar-refractivity contribution in [3.8, 4) is 0 Å². The monoisotopic (exact) mass is 286 g/mol. The summed E-state index contributed by atoms with van der Waals surface area (Å²) in [7, 11) is 2.05. The van der Waals surface area contributed by atoms with Gasteiger partial charge in [0.05, 0.1) is 11.6 Å². The van der Waals surface area contributed by atoms with Crippen molar-refractivity contribution in [2.45, 2.75) is 12.5 Å². The molecule has 0 spiro atoms. The van der Waals surface area contributed by atoms with Crippen LogP contribution in [0, 0.1) is 0 Å². The second-order valence-electron chi connectivity index (χ2n) is 5.20. The minimum atomic E-state index is 0.0562. The Morgan fingerprint density at radius 3 is 3.10 bits per heavy atom. The van der Waals surface area contributed by atoms with Crippen molar-refractivity contribution >= 4 is 28.4 Å². The van der Waals surface area contributed by atoms with E-state index >= 15 is 0 Å². The van der Waals surface area contributed by atoms with Gasteiger partial charge in [0.1, 0.15) is 0 Å². The number of aromatic nitrogens is 1. The van der Waals surface area contributed by atoms with Gasteiger partial charge in [-0.25, -0.2) is 0 Å². The average Bonchev–Trinajstić information content (AvgIpc) is 2.48. The Balaban J connectivity index is 1.84. The predicted octanol–water partition coefficient (Wildman–Crippen LogP) is 2.39. The van der Waals surface area contributed by atoms with Gasteiger partial charge in [-0.05, 0) is 24.7 Å². The number of Topliss-reactive ketones (excluding diaryl/α,β-unsaturated/α-hetero) is 1. The fourth-order valence-corrected chi connectivity index (χ4v) is 3.89. The summed E-state index contributed by atoms with van der Waals surface area (Å²) >= 11 is 1.87. The maximum absolute atomic E-state index is 12.5. The van der Waals surface area contributed by atoms with E-state index in [1.165, 1.54) is 0 Å². The third kappa shape index (κ3) is 2.72. The quantitative estimate of drug-likeness (QED) is 0.867. The number of hydrogen-bond acceptors (Lipinski definition) is 4. The Morgan fingerprint density at radius 2 is 2.25 bits per heavy atom. The first-order valence-electron chi connectivity index (χ1n) is 6.89. The predicted molar refractivity (Wildman–Crippen MR) is 84.2 cm³/mol. The molecule has 1 atom stereocenters. The van der Waals surface area contributed by atoms with Gasteiger partial charge in [-0.3, -0.25) is 14.7 Å². The number of hydrogen-bond donors (Lipinski definition) is 0. The molecule has 0 amide bonds. The van der Waals surface area contributed by atoms with Gasteiger partial charge >= 0.3 is 0 Å². The third-order valence-corrected chi connectivity index (χ3v) is 4.89. The third-order valence-electron chi connectivity index (χ3n) is 3.87. The number of carbonyl (C=O) groups is 1. The van der Waals surface area contributed by atoms with Crippen molar-refractivity contribution < 1.29 is 4.79 Å². The molecule has 20 heavy (non-hydrogen) atoms. The smallest absolute Gasteiger partial charge is 0.155 e. The summed E-state index contributed by atoms with van der Waals surface area (Å²) in [6.45, 7) is 0.998. The zero-order valence-electron chi connectivity index (χ0n) is 11.6. The highest BCUT2D eigenvalue weighted by molar-refractivity contribution is 7.99. The highest BCUT2D eigenvalue weighted by Crippen LogP contribution is 2.20. The van der Waals surface area contributed by atoms with E-state index in [2.05, 4.69) is 9.88 Å². The Hall–Kier alpha value is -1.39. The lowest BCUT2D eigenvalue weighted by molar-refractivity contribution is -0.122. The van der Waals surface area contributed by atoms with Gasteiger partial charge in [0.15, 0.2) is 5.78 Å². The number of fused-ring (bicyclic) bond motifs is 1. The van der Waals surface area contributed by atoms with E-state index in [1.54, 1.807) is 6.20 Å². The Labute approximate surface area is 123 Å². The molecule has 0 aliphatic carbocycles. The standard InChI is InChI=1S/C16H18N2OS/c1-18-8-9-20-11-15(18)16(19)10-12-6-7-17-14-5-3-2-4-13(12)14/h2-7,15H,8-11H2,1H3. The second kappa shape index (κ2) is 5.94. The number of para-hydroxylation sites is 1. The summed E-state index contributed by atoms with van der Waals surface area (Å²) in [6, 6.07) is 10.0. The molecule has 2 aromatic rings. The Bertz CT molecular complexity index is 623. The largest absolute Gasteiger partial charge is 0.298 e. The van der Waals surface area contributed by atoms with Crippen LogP contribution in [0.1, 0.15) is 5.56 Å². The van der Waals surface area contributed by atoms with Crippen molar-refractivity contribution in [1.82, 2.24) is 9.88 Å². The van der Waals surface area contributed by atoms with E-state index in [0.717, 1.165) is 34.5 Å². The summed E-state index contributed by atoms with van der Waals surface area (Å²) in [5.41, 5.74) is 2.05. The number of benzene rings is 1. The molecular formula is C16H18N2OS. The van der Waals surface area contributed by atoms with Gasteiger partial charge in [0.25, 0.3) is 0 Å². The SMILES string of the molecule is CN1CCSCC1C(=O)Cc1ccnc2ccccc12. The van der Waals surface area contributed by atoms with Crippen LogP contribution in [0.25, 0.3) is 10.9 Å². The number of thioether (sulfide) groups is 1. The van der Waals surface area contributed by atoms with Crippen molar-refractivity contribution in [3.63, 3.8) is 0 Å². The number of pyridine rings is 1. The second-order valence-corrected chi connectivity index (χ2v) is 6.35. The fourth-order valence-electron chi connectivity index (χ4n) is 2.64. The molecule has 1 aromatic heterocycles. The van der Waals surface area contributed by atoms with Crippen LogP contribution in [-0.2, 0) is 11.2 Å². The molecule has 0 bridgehead atoms. The zero-order chi connectivity index (χ0) is 13.9. The zero-order valence-corrected chi connectivity index (χ0v) is 12.4. The summed E-state index contributed by atoms with van der Waals surface area (Å²) in [4.78, 5) is 19.1. The lowest BCUT2D eigenvalue weighted by Gasteiger charge is -2.30. The Kier molecular flexibility index (Phi) is 4.03. The van der Waals surface area contributed by atoms with E-state index in [1.807, 2.05) is 49.1 Å². The molecule has 0 saturated carbocycles. The van der Waals surface area contributed by atoms with E-state index in [0.29, 0.717) is 12.2 Å². The fraction of sp³-hybridized carbons (Fsp3) is 0.375. The molecule has 3 rings (SSSR count). The molecule has 1 unspecified atom stereocenters. The molecule has 104 valence electrons. The first kappa shape index (κ1) is 13.6. The van der Waals surface area contributed by atoms with Crippen LogP contribution in [0.4, 0.5) is 0 Å². The summed E-state index contributed by atoms with van der Waals surface area (Å²) in [5.74, 6) is 2.35. The van der Waals surface area contributed by atoms with Crippen molar-refractivity contribution in [2.24, 2.45) is 0 Å². The number of rotatable bonds is 3. The topological polar surface area (TPSA) is 33.2 Å². The molecule has 1 saturated heterocycles. The molecule has 2 heterocycles. The molecule has 0 N–H and O–H groups in total. The van der Waals surface area contributed by atoms with E-state index < -0.39 is 0 Å². The van der Waals surface area contributed by atoms with Crippen LogP contribution < -0.4 is 0 Å². The van der Waals surface area contributed by atoms with E-state index in [4.69, 9.17) is 0 Å². The number of carbonyl (C=O) groups excluding carboxylic acids is 1. The molecule has 3 nitrogen and oxygen atoms in total. The van der Waals surface area contributed by atoms with Crippen LogP contribution in [0.5, 0.6) is 0 Å². The van der Waals surface area contributed by atoms with Gasteiger partial charge in [-0.15, -0.1) is 0 Å². The highest BCUT2D eigenvalue weighted by atomic mass is 32.2. The van der Waals surface area contributed by atoms with Crippen molar-refractivity contribution in [3.05, 3.63) is 42.1 Å². The van der Waals surface area contributed by atoms with Crippen molar-refractivity contribution in [2.75, 3.05) is 25.1 Å². The van der Waals surface area contributed by atoms with Crippen LogP contribution in [0.15, 0.2) is 36.5 Å². The number of nitrogens with zero attached hydrogens (tertiary/aromatic N) is 2. The highest BCUT2D eigenvalue weighted by Gasteiger charge is 2.26. The van der Waals surface area contributed by atoms with Gasteiger partial charge in [-0.1, -0.05) is 18.2 Å². The lowest BCUT2D eigenvalue weighted by atomic mass is 10.0. The van der Waals surface area contributed by atoms with Gasteiger partial charge in [-0.2, -0.15) is 11.8 Å². The maximum Gasteiger partial charge on any atom is 0.155 e. The van der Waals surface area contributed by atoms with Gasteiger partial charge < -0.3 is 0 Å². The molecule has 1 aromatic carbocycles. The van der Waals surface area contributed by atoms with Crippen LogP contribution in [0.2, 0.25) is 0 Å². The van der Waals surface area contributed by atoms with Crippen molar-refractivity contribution in [1.29, 1.82) is 0 Å². The maximum atomic E-state index is 12.5. The minimum Gasteiger partial charge on any atom is -0.298 e. The van der Waals surface area contributed by atoms with Crippen LogP contribution in [0.3, 0.4) is 0 Å².